The van der Waals surface area contributed by atoms with Gasteiger partial charge in [-0.2, -0.15) is 0 Å². The number of fused-ring (bicyclic) bond motifs is 1. The van der Waals surface area contributed by atoms with Gasteiger partial charge < -0.3 is 20.1 Å². The maximum atomic E-state index is 5.82. The fourth-order valence-corrected chi connectivity index (χ4v) is 2.69. The topological polar surface area (TPSA) is 68.3 Å². The van der Waals surface area contributed by atoms with E-state index in [2.05, 4.69) is 39.7 Å². The van der Waals surface area contributed by atoms with Gasteiger partial charge in [-0.1, -0.05) is 0 Å². The van der Waals surface area contributed by atoms with Crippen LogP contribution in [0.1, 0.15) is 18.1 Å². The lowest BCUT2D eigenvalue weighted by Gasteiger charge is -2.12. The number of benzene rings is 1. The lowest BCUT2D eigenvalue weighted by atomic mass is 10.1. The molecule has 7 heteroatoms. The number of hydrogen-bond donors (Lipinski definition) is 2. The summed E-state index contributed by atoms with van der Waals surface area (Å²) in [7, 11) is 1.71. The van der Waals surface area contributed by atoms with Gasteiger partial charge in [0, 0.05) is 49.6 Å². The van der Waals surface area contributed by atoms with E-state index in [-0.39, 0.29) is 18.5 Å². The largest absolute Gasteiger partial charge is 0.496 e. The second-order valence-corrected chi connectivity index (χ2v) is 5.58. The summed E-state index contributed by atoms with van der Waals surface area (Å²) >= 11 is 0. The van der Waals surface area contributed by atoms with Crippen LogP contribution < -0.4 is 20.1 Å². The van der Waals surface area contributed by atoms with Gasteiger partial charge in [-0.3, -0.25) is 0 Å². The summed E-state index contributed by atoms with van der Waals surface area (Å²) in [6.07, 6.45) is 4.63. The summed E-state index contributed by atoms with van der Waals surface area (Å²) < 4.78 is 11.3. The van der Waals surface area contributed by atoms with E-state index < -0.39 is 0 Å². The molecule has 1 unspecified atom stereocenters. The molecule has 0 saturated carbocycles. The van der Waals surface area contributed by atoms with E-state index in [1.807, 2.05) is 0 Å². The molecule has 0 aliphatic carbocycles. The molecule has 0 amide bonds. The van der Waals surface area contributed by atoms with Crippen LogP contribution in [0.4, 0.5) is 5.95 Å². The molecule has 130 valence electrons. The first-order valence-electron chi connectivity index (χ1n) is 7.84. The minimum atomic E-state index is 0. The molecule has 1 aromatic carbocycles. The van der Waals surface area contributed by atoms with Crippen LogP contribution in [-0.4, -0.2) is 36.3 Å². The van der Waals surface area contributed by atoms with Gasteiger partial charge in [-0.25, -0.2) is 9.97 Å². The quantitative estimate of drug-likeness (QED) is 0.747. The Morgan fingerprint density at radius 3 is 2.79 bits per heavy atom. The normalized spacial score (nSPS) is 15.2. The first-order valence-corrected chi connectivity index (χ1v) is 7.84. The maximum absolute atomic E-state index is 5.82. The fourth-order valence-electron chi connectivity index (χ4n) is 2.69. The van der Waals surface area contributed by atoms with Gasteiger partial charge >= 0.3 is 0 Å². The molecular formula is C17H23ClN4O2. The Bertz CT molecular complexity index is 655. The van der Waals surface area contributed by atoms with E-state index >= 15 is 0 Å². The van der Waals surface area contributed by atoms with Crippen LogP contribution in [0, 0.1) is 0 Å². The first-order chi connectivity index (χ1) is 11.3. The number of hydrogen-bond acceptors (Lipinski definition) is 6. The van der Waals surface area contributed by atoms with Gasteiger partial charge in [-0.05, 0) is 25.1 Å². The molecule has 2 aromatic rings. The minimum Gasteiger partial charge on any atom is -0.496 e. The maximum Gasteiger partial charge on any atom is 0.222 e. The molecule has 6 nitrogen and oxygen atoms in total. The van der Waals surface area contributed by atoms with Gasteiger partial charge in [0.1, 0.15) is 17.6 Å². The Morgan fingerprint density at radius 2 is 2.04 bits per heavy atom. The highest BCUT2D eigenvalue weighted by Gasteiger charge is 2.21. The van der Waals surface area contributed by atoms with Gasteiger partial charge in [-0.15, -0.1) is 12.4 Å². The van der Waals surface area contributed by atoms with Crippen molar-refractivity contribution in [3.8, 4) is 11.5 Å². The number of halogens is 1. The molecule has 24 heavy (non-hydrogen) atoms. The smallest absolute Gasteiger partial charge is 0.222 e. The summed E-state index contributed by atoms with van der Waals surface area (Å²) in [6, 6.07) is 5.97. The molecule has 2 heterocycles. The number of methoxy groups -OCH3 is 1. The zero-order valence-corrected chi connectivity index (χ0v) is 14.7. The zero-order valence-electron chi connectivity index (χ0n) is 13.9. The minimum absolute atomic E-state index is 0. The average Bonchev–Trinajstić information content (AvgIpc) is 2.93. The monoisotopic (exact) mass is 350 g/mol. The Morgan fingerprint density at radius 1 is 1.25 bits per heavy atom. The Balaban J connectivity index is 0.00000208. The first kappa shape index (κ1) is 18.3. The highest BCUT2D eigenvalue weighted by molar-refractivity contribution is 5.85. The van der Waals surface area contributed by atoms with E-state index in [0.29, 0.717) is 5.95 Å². The van der Waals surface area contributed by atoms with E-state index in [0.717, 1.165) is 43.1 Å². The van der Waals surface area contributed by atoms with Crippen LogP contribution in [0.2, 0.25) is 0 Å². The summed E-state index contributed by atoms with van der Waals surface area (Å²) in [5.74, 6) is 2.53. The number of nitrogens with zero attached hydrogens (tertiary/aromatic N) is 2. The van der Waals surface area contributed by atoms with Crippen LogP contribution in [-0.2, 0) is 13.0 Å². The number of nitrogens with one attached hydrogen (secondary N) is 2. The predicted octanol–water partition coefficient (Wildman–Crippen LogP) is 2.43. The Kier molecular flexibility index (Phi) is 6.63. The number of rotatable bonds is 7. The second kappa shape index (κ2) is 8.70. The third-order valence-electron chi connectivity index (χ3n) is 3.77. The molecule has 1 aromatic heterocycles. The predicted molar refractivity (Wildman–Crippen MR) is 96.3 cm³/mol. The van der Waals surface area contributed by atoms with E-state index in [4.69, 9.17) is 9.47 Å². The lowest BCUT2D eigenvalue weighted by molar-refractivity contribution is 0.254. The Labute approximate surface area is 148 Å². The van der Waals surface area contributed by atoms with Crippen molar-refractivity contribution in [3.05, 3.63) is 41.7 Å². The summed E-state index contributed by atoms with van der Waals surface area (Å²) in [5.41, 5.74) is 2.33. The van der Waals surface area contributed by atoms with Crippen molar-refractivity contribution in [2.24, 2.45) is 0 Å². The van der Waals surface area contributed by atoms with Crippen molar-refractivity contribution >= 4 is 18.4 Å². The summed E-state index contributed by atoms with van der Waals surface area (Å²) in [4.78, 5) is 8.24. The molecule has 0 bridgehead atoms. The molecule has 3 rings (SSSR count). The van der Waals surface area contributed by atoms with Crippen LogP contribution in [0.25, 0.3) is 0 Å². The standard InChI is InChI=1S/C17H22N4O2.ClH/c1-12-8-13-9-15(22-2)14(10-16(13)23-12)11-18-6-7-21-17-19-4-3-5-20-17;/h3-5,9-10,12,18H,6-8,11H2,1-2H3,(H,19,20,21);1H. The van der Waals surface area contributed by atoms with Crippen molar-refractivity contribution < 1.29 is 9.47 Å². The van der Waals surface area contributed by atoms with Gasteiger partial charge in [0.2, 0.25) is 5.95 Å². The van der Waals surface area contributed by atoms with E-state index in [9.17, 15) is 0 Å². The molecule has 1 atom stereocenters. The Hall–Kier alpha value is -2.05. The van der Waals surface area contributed by atoms with Gasteiger partial charge in [0.05, 0.1) is 7.11 Å². The average molecular weight is 351 g/mol. The SMILES string of the molecule is COc1cc2c(cc1CNCCNc1ncccn1)OC(C)C2.Cl. The third-order valence-corrected chi connectivity index (χ3v) is 3.77. The molecule has 0 saturated heterocycles. The molecule has 0 radical (unpaired) electrons. The molecule has 2 N–H and O–H groups in total. The van der Waals surface area contributed by atoms with Gasteiger partial charge in [0.15, 0.2) is 0 Å². The van der Waals surface area contributed by atoms with Crippen LogP contribution in [0.3, 0.4) is 0 Å². The third kappa shape index (κ3) is 4.49. The second-order valence-electron chi connectivity index (χ2n) is 5.58. The molecule has 0 fully saturated rings. The number of ether oxygens (including phenoxy) is 2. The van der Waals surface area contributed by atoms with Crippen molar-refractivity contribution in [2.75, 3.05) is 25.5 Å². The fraction of sp³-hybridized carbons (Fsp3) is 0.412. The number of aromatic nitrogens is 2. The molecule has 0 spiro atoms. The highest BCUT2D eigenvalue weighted by Crippen LogP contribution is 2.34. The van der Waals surface area contributed by atoms with Gasteiger partial charge in [0.25, 0.3) is 0 Å². The summed E-state index contributed by atoms with van der Waals surface area (Å²) in [6.45, 7) is 4.37. The molecule has 1 aliphatic rings. The molecule has 1 aliphatic heterocycles. The van der Waals surface area contributed by atoms with Crippen molar-refractivity contribution in [1.29, 1.82) is 0 Å². The molecular weight excluding hydrogens is 328 g/mol. The highest BCUT2D eigenvalue weighted by atomic mass is 35.5. The van der Waals surface area contributed by atoms with Crippen molar-refractivity contribution in [3.63, 3.8) is 0 Å². The van der Waals surface area contributed by atoms with E-state index in [1.54, 1.807) is 25.6 Å². The van der Waals surface area contributed by atoms with E-state index in [1.165, 1.54) is 5.56 Å². The lowest BCUT2D eigenvalue weighted by Crippen LogP contribution is -2.22. The summed E-state index contributed by atoms with van der Waals surface area (Å²) in [5, 5.41) is 6.56. The van der Waals surface area contributed by atoms with Crippen LogP contribution >= 0.6 is 12.4 Å². The van der Waals surface area contributed by atoms with Crippen LogP contribution in [0.5, 0.6) is 11.5 Å². The zero-order chi connectivity index (χ0) is 16.1. The number of anilines is 1. The van der Waals surface area contributed by atoms with Crippen molar-refractivity contribution in [2.45, 2.75) is 26.0 Å². The van der Waals surface area contributed by atoms with Crippen LogP contribution in [0.15, 0.2) is 30.6 Å². The van der Waals surface area contributed by atoms with Crippen molar-refractivity contribution in [1.82, 2.24) is 15.3 Å².